The first-order chi connectivity index (χ1) is 7.31. The second-order valence-corrected chi connectivity index (χ2v) is 3.64. The number of anilines is 1. The smallest absolute Gasteiger partial charge is 0.122 e. The predicted octanol–water partition coefficient (Wildman–Crippen LogP) is 2.61. The molecule has 0 bridgehead atoms. The number of aromatic nitrogens is 1. The lowest BCUT2D eigenvalue weighted by atomic mass is 10.2. The second kappa shape index (κ2) is 4.36. The lowest BCUT2D eigenvalue weighted by molar-refractivity contribution is 0.0804. The van der Waals surface area contributed by atoms with Crippen molar-refractivity contribution in [2.45, 2.75) is 20.1 Å². The van der Waals surface area contributed by atoms with Gasteiger partial charge in [-0.1, -0.05) is 6.92 Å². The topological polar surface area (TPSA) is 40.2 Å². The van der Waals surface area contributed by atoms with Crippen LogP contribution < -0.4 is 5.73 Å². The minimum atomic E-state index is 0.612. The fraction of sp³-hybridized carbons (Fsp3) is 0.333. The van der Waals surface area contributed by atoms with Crippen molar-refractivity contribution in [3.05, 3.63) is 30.5 Å². The molecule has 3 nitrogen and oxygen atoms in total. The summed E-state index contributed by atoms with van der Waals surface area (Å²) in [6, 6.07) is 7.98. The number of hydrogen-bond donors (Lipinski definition) is 1. The van der Waals surface area contributed by atoms with Crippen LogP contribution in [0.3, 0.4) is 0 Å². The Kier molecular flexibility index (Phi) is 2.92. The normalized spacial score (nSPS) is 11.0. The van der Waals surface area contributed by atoms with Crippen molar-refractivity contribution in [3.8, 4) is 0 Å². The van der Waals surface area contributed by atoms with Gasteiger partial charge in [-0.25, -0.2) is 0 Å². The molecule has 15 heavy (non-hydrogen) atoms. The average Bonchev–Trinajstić information content (AvgIpc) is 2.61. The Hall–Kier alpha value is -1.48. The molecule has 0 radical (unpaired) electrons. The number of fused-ring (bicyclic) bond motifs is 1. The molecular formula is C12H16N2O. The Balaban J connectivity index is 2.21. The monoisotopic (exact) mass is 204 g/mol. The standard InChI is InChI=1S/C12H16N2O/c1-2-7-15-9-14-6-5-10-8-11(13)3-4-12(10)14/h3-6,8H,2,7,9,13H2,1H3. The predicted molar refractivity (Wildman–Crippen MR) is 62.6 cm³/mol. The molecule has 0 saturated carbocycles. The molecule has 2 rings (SSSR count). The fourth-order valence-electron chi connectivity index (χ4n) is 1.64. The third kappa shape index (κ3) is 2.13. The highest BCUT2D eigenvalue weighted by atomic mass is 16.5. The van der Waals surface area contributed by atoms with Crippen LogP contribution in [0.15, 0.2) is 30.5 Å². The largest absolute Gasteiger partial charge is 0.399 e. The zero-order chi connectivity index (χ0) is 10.7. The molecule has 0 amide bonds. The summed E-state index contributed by atoms with van der Waals surface area (Å²) in [5.74, 6) is 0. The van der Waals surface area contributed by atoms with E-state index in [-0.39, 0.29) is 0 Å². The Bertz CT molecular complexity index is 448. The number of nitrogens with zero attached hydrogens (tertiary/aromatic N) is 1. The molecule has 1 heterocycles. The first-order valence-electron chi connectivity index (χ1n) is 5.23. The lowest BCUT2D eigenvalue weighted by Gasteiger charge is -2.05. The number of benzene rings is 1. The van der Waals surface area contributed by atoms with E-state index in [1.54, 1.807) is 0 Å². The molecule has 0 atom stereocenters. The van der Waals surface area contributed by atoms with Gasteiger partial charge >= 0.3 is 0 Å². The van der Waals surface area contributed by atoms with E-state index in [4.69, 9.17) is 10.5 Å². The summed E-state index contributed by atoms with van der Waals surface area (Å²) >= 11 is 0. The van der Waals surface area contributed by atoms with Crippen molar-refractivity contribution in [1.82, 2.24) is 4.57 Å². The van der Waals surface area contributed by atoms with Crippen molar-refractivity contribution < 1.29 is 4.74 Å². The van der Waals surface area contributed by atoms with Crippen molar-refractivity contribution in [2.75, 3.05) is 12.3 Å². The third-order valence-electron chi connectivity index (χ3n) is 2.37. The number of nitrogen functional groups attached to an aromatic ring is 1. The van der Waals surface area contributed by atoms with Crippen molar-refractivity contribution >= 4 is 16.6 Å². The first kappa shape index (κ1) is 10.1. The zero-order valence-corrected chi connectivity index (χ0v) is 8.94. The van der Waals surface area contributed by atoms with Crippen LogP contribution in [0, 0.1) is 0 Å². The molecule has 0 aliphatic heterocycles. The molecule has 80 valence electrons. The van der Waals surface area contributed by atoms with E-state index in [1.165, 1.54) is 5.52 Å². The van der Waals surface area contributed by atoms with Gasteiger partial charge in [0, 0.05) is 23.9 Å². The van der Waals surface area contributed by atoms with Gasteiger partial charge < -0.3 is 15.0 Å². The first-order valence-corrected chi connectivity index (χ1v) is 5.23. The Labute approximate surface area is 89.4 Å². The summed E-state index contributed by atoms with van der Waals surface area (Å²) in [4.78, 5) is 0. The number of ether oxygens (including phenoxy) is 1. The Morgan fingerprint density at radius 2 is 2.20 bits per heavy atom. The molecule has 3 heteroatoms. The van der Waals surface area contributed by atoms with Gasteiger partial charge in [-0.3, -0.25) is 0 Å². The third-order valence-corrected chi connectivity index (χ3v) is 2.37. The highest BCUT2D eigenvalue weighted by molar-refractivity contribution is 5.83. The van der Waals surface area contributed by atoms with Crippen LogP contribution in [0.5, 0.6) is 0 Å². The molecule has 0 fully saturated rings. The van der Waals surface area contributed by atoms with Gasteiger partial charge in [0.25, 0.3) is 0 Å². The number of nitrogens with two attached hydrogens (primary N) is 1. The van der Waals surface area contributed by atoms with Crippen molar-refractivity contribution in [3.63, 3.8) is 0 Å². The molecule has 0 spiro atoms. The zero-order valence-electron chi connectivity index (χ0n) is 8.94. The van der Waals surface area contributed by atoms with Crippen LogP contribution in [0.25, 0.3) is 10.9 Å². The van der Waals surface area contributed by atoms with E-state index in [0.717, 1.165) is 24.1 Å². The van der Waals surface area contributed by atoms with Gasteiger partial charge in [0.05, 0.1) is 5.52 Å². The van der Waals surface area contributed by atoms with E-state index in [1.807, 2.05) is 24.4 Å². The highest BCUT2D eigenvalue weighted by Gasteiger charge is 2.00. The maximum Gasteiger partial charge on any atom is 0.122 e. The van der Waals surface area contributed by atoms with Gasteiger partial charge in [0.2, 0.25) is 0 Å². The van der Waals surface area contributed by atoms with E-state index in [9.17, 15) is 0 Å². The van der Waals surface area contributed by atoms with Gasteiger partial charge in [-0.05, 0) is 30.7 Å². The SMILES string of the molecule is CCCOCn1ccc2cc(N)ccc21. The van der Waals surface area contributed by atoms with Crippen molar-refractivity contribution in [2.24, 2.45) is 0 Å². The second-order valence-electron chi connectivity index (χ2n) is 3.64. The minimum Gasteiger partial charge on any atom is -0.399 e. The van der Waals surface area contributed by atoms with Crippen LogP contribution in [0.4, 0.5) is 5.69 Å². The molecule has 2 aromatic rings. The summed E-state index contributed by atoms with van der Waals surface area (Å²) in [5.41, 5.74) is 7.68. The quantitative estimate of drug-likeness (QED) is 0.614. The molecule has 0 unspecified atom stereocenters. The molecular weight excluding hydrogens is 188 g/mol. The van der Waals surface area contributed by atoms with E-state index < -0.39 is 0 Å². The summed E-state index contributed by atoms with van der Waals surface area (Å²) < 4.78 is 7.58. The maximum atomic E-state index is 5.71. The summed E-state index contributed by atoms with van der Waals surface area (Å²) in [5, 5.41) is 1.16. The van der Waals surface area contributed by atoms with Gasteiger partial charge in [-0.2, -0.15) is 0 Å². The van der Waals surface area contributed by atoms with Gasteiger partial charge in [0.15, 0.2) is 0 Å². The highest BCUT2D eigenvalue weighted by Crippen LogP contribution is 2.18. The van der Waals surface area contributed by atoms with Crippen LogP contribution in [0.1, 0.15) is 13.3 Å². The maximum absolute atomic E-state index is 5.71. The van der Waals surface area contributed by atoms with Crippen LogP contribution >= 0.6 is 0 Å². The van der Waals surface area contributed by atoms with E-state index in [2.05, 4.69) is 17.6 Å². The molecule has 0 saturated heterocycles. The van der Waals surface area contributed by atoms with Crippen LogP contribution in [-0.4, -0.2) is 11.2 Å². The summed E-state index contributed by atoms with van der Waals surface area (Å²) in [6.45, 7) is 3.52. The summed E-state index contributed by atoms with van der Waals surface area (Å²) in [6.07, 6.45) is 3.08. The fourth-order valence-corrected chi connectivity index (χ4v) is 1.64. The molecule has 1 aromatic carbocycles. The van der Waals surface area contributed by atoms with Gasteiger partial charge in [-0.15, -0.1) is 0 Å². The minimum absolute atomic E-state index is 0.612. The Morgan fingerprint density at radius 3 is 3.00 bits per heavy atom. The van der Waals surface area contributed by atoms with E-state index >= 15 is 0 Å². The average molecular weight is 204 g/mol. The van der Waals surface area contributed by atoms with Crippen LogP contribution in [-0.2, 0) is 11.5 Å². The number of rotatable bonds is 4. The molecule has 2 N–H and O–H groups in total. The molecule has 0 aliphatic rings. The molecule has 1 aromatic heterocycles. The number of hydrogen-bond acceptors (Lipinski definition) is 2. The van der Waals surface area contributed by atoms with E-state index in [0.29, 0.717) is 6.73 Å². The Morgan fingerprint density at radius 1 is 1.33 bits per heavy atom. The summed E-state index contributed by atoms with van der Waals surface area (Å²) in [7, 11) is 0. The van der Waals surface area contributed by atoms with Gasteiger partial charge in [0.1, 0.15) is 6.73 Å². The van der Waals surface area contributed by atoms with Crippen LogP contribution in [0.2, 0.25) is 0 Å². The van der Waals surface area contributed by atoms with Crippen molar-refractivity contribution in [1.29, 1.82) is 0 Å². The lowest BCUT2D eigenvalue weighted by Crippen LogP contribution is -2.01. The molecule has 0 aliphatic carbocycles.